The molecule has 1 aromatic rings. The SMILES string of the molecule is COC1(C(=O)N2CCN(C(=O)c3ccc(Cl)cc3)CC2)CCNCC1. The van der Waals surface area contributed by atoms with E-state index >= 15 is 0 Å². The fourth-order valence-electron chi connectivity index (χ4n) is 3.51. The van der Waals surface area contributed by atoms with E-state index in [0.717, 1.165) is 13.1 Å². The van der Waals surface area contributed by atoms with Crippen molar-refractivity contribution < 1.29 is 14.3 Å². The van der Waals surface area contributed by atoms with Crippen LogP contribution in [0.15, 0.2) is 24.3 Å². The average Bonchev–Trinajstić information content (AvgIpc) is 2.68. The Balaban J connectivity index is 1.60. The van der Waals surface area contributed by atoms with Crippen molar-refractivity contribution >= 4 is 23.4 Å². The molecule has 0 spiro atoms. The van der Waals surface area contributed by atoms with E-state index in [1.54, 1.807) is 36.3 Å². The molecule has 0 aromatic heterocycles. The van der Waals surface area contributed by atoms with Crippen molar-refractivity contribution in [2.24, 2.45) is 0 Å². The number of hydrogen-bond acceptors (Lipinski definition) is 4. The summed E-state index contributed by atoms with van der Waals surface area (Å²) in [6.07, 6.45) is 1.37. The van der Waals surface area contributed by atoms with Crippen LogP contribution in [0.5, 0.6) is 0 Å². The zero-order valence-corrected chi connectivity index (χ0v) is 15.2. The highest BCUT2D eigenvalue weighted by Crippen LogP contribution is 2.26. The predicted molar refractivity (Wildman–Crippen MR) is 95.8 cm³/mol. The van der Waals surface area contributed by atoms with Gasteiger partial charge >= 0.3 is 0 Å². The van der Waals surface area contributed by atoms with Gasteiger partial charge < -0.3 is 19.9 Å². The highest BCUT2D eigenvalue weighted by molar-refractivity contribution is 6.30. The van der Waals surface area contributed by atoms with Gasteiger partial charge in [0.05, 0.1) is 0 Å². The summed E-state index contributed by atoms with van der Waals surface area (Å²) in [7, 11) is 1.61. The largest absolute Gasteiger partial charge is 0.368 e. The van der Waals surface area contributed by atoms with E-state index < -0.39 is 5.60 Å². The normalized spacial score (nSPS) is 20.4. The molecule has 0 radical (unpaired) electrons. The number of amides is 2. The Hall–Kier alpha value is -1.63. The maximum Gasteiger partial charge on any atom is 0.255 e. The van der Waals surface area contributed by atoms with Crippen LogP contribution in [0.3, 0.4) is 0 Å². The van der Waals surface area contributed by atoms with Crippen LogP contribution in [0.25, 0.3) is 0 Å². The molecule has 2 amide bonds. The van der Waals surface area contributed by atoms with Gasteiger partial charge in [-0.25, -0.2) is 0 Å². The molecule has 25 heavy (non-hydrogen) atoms. The van der Waals surface area contributed by atoms with Crippen LogP contribution in [0.4, 0.5) is 0 Å². The molecule has 6 nitrogen and oxygen atoms in total. The van der Waals surface area contributed by atoms with Gasteiger partial charge in [0.2, 0.25) is 0 Å². The highest BCUT2D eigenvalue weighted by Gasteiger charge is 2.43. The molecule has 1 aromatic carbocycles. The van der Waals surface area contributed by atoms with Crippen LogP contribution in [-0.4, -0.2) is 73.6 Å². The lowest BCUT2D eigenvalue weighted by Gasteiger charge is -2.42. The van der Waals surface area contributed by atoms with Crippen LogP contribution in [0.2, 0.25) is 5.02 Å². The molecule has 136 valence electrons. The zero-order chi connectivity index (χ0) is 17.9. The zero-order valence-electron chi connectivity index (χ0n) is 14.5. The molecule has 0 bridgehead atoms. The summed E-state index contributed by atoms with van der Waals surface area (Å²) in [5.41, 5.74) is -0.0935. The van der Waals surface area contributed by atoms with E-state index in [1.165, 1.54) is 0 Å². The van der Waals surface area contributed by atoms with Crippen molar-refractivity contribution in [2.75, 3.05) is 46.4 Å². The lowest BCUT2D eigenvalue weighted by Crippen LogP contribution is -2.59. The van der Waals surface area contributed by atoms with Crippen molar-refractivity contribution in [1.82, 2.24) is 15.1 Å². The summed E-state index contributed by atoms with van der Waals surface area (Å²) in [6.45, 7) is 3.72. The molecule has 0 unspecified atom stereocenters. The van der Waals surface area contributed by atoms with Gasteiger partial charge in [0.15, 0.2) is 0 Å². The van der Waals surface area contributed by atoms with Crippen LogP contribution >= 0.6 is 11.6 Å². The monoisotopic (exact) mass is 365 g/mol. The van der Waals surface area contributed by atoms with E-state index in [2.05, 4.69) is 5.32 Å². The maximum absolute atomic E-state index is 12.9. The lowest BCUT2D eigenvalue weighted by atomic mass is 9.90. The molecule has 0 atom stereocenters. The second-order valence-corrected chi connectivity index (χ2v) is 6.98. The standard InChI is InChI=1S/C18H24ClN3O3/c1-25-18(6-8-20-9-7-18)17(24)22-12-10-21(11-13-22)16(23)14-2-4-15(19)5-3-14/h2-5,20H,6-13H2,1H3. The first-order chi connectivity index (χ1) is 12.1. The molecule has 0 aliphatic carbocycles. The maximum atomic E-state index is 12.9. The van der Waals surface area contributed by atoms with Crippen molar-refractivity contribution in [3.8, 4) is 0 Å². The Bertz CT molecular complexity index is 621. The van der Waals surface area contributed by atoms with Crippen LogP contribution in [0, 0.1) is 0 Å². The first-order valence-corrected chi connectivity index (χ1v) is 9.04. The van der Waals surface area contributed by atoms with E-state index in [-0.39, 0.29) is 11.8 Å². The third-order valence-electron chi connectivity index (χ3n) is 5.14. The third-order valence-corrected chi connectivity index (χ3v) is 5.39. The summed E-state index contributed by atoms with van der Waals surface area (Å²) in [4.78, 5) is 29.1. The van der Waals surface area contributed by atoms with E-state index in [4.69, 9.17) is 16.3 Å². The molecule has 1 N–H and O–H groups in total. The summed E-state index contributed by atoms with van der Waals surface area (Å²) < 4.78 is 5.62. The van der Waals surface area contributed by atoms with Gasteiger partial charge in [-0.3, -0.25) is 9.59 Å². The Morgan fingerprint density at radius 1 is 1.04 bits per heavy atom. The van der Waals surface area contributed by atoms with Gasteiger partial charge in [-0.15, -0.1) is 0 Å². The van der Waals surface area contributed by atoms with E-state index in [0.29, 0.717) is 49.6 Å². The van der Waals surface area contributed by atoms with Gasteiger partial charge in [-0.1, -0.05) is 11.6 Å². The molecule has 7 heteroatoms. The quantitative estimate of drug-likeness (QED) is 0.879. The highest BCUT2D eigenvalue weighted by atomic mass is 35.5. The topological polar surface area (TPSA) is 61.9 Å². The number of nitrogens with one attached hydrogen (secondary N) is 1. The molecule has 2 aliphatic heterocycles. The van der Waals surface area contributed by atoms with Crippen LogP contribution in [-0.2, 0) is 9.53 Å². The molecule has 0 saturated carbocycles. The average molecular weight is 366 g/mol. The molecule has 2 heterocycles. The summed E-state index contributed by atoms with van der Waals surface area (Å²) in [5, 5.41) is 3.87. The van der Waals surface area contributed by atoms with Gasteiger partial charge in [-0.2, -0.15) is 0 Å². The van der Waals surface area contributed by atoms with Crippen molar-refractivity contribution in [1.29, 1.82) is 0 Å². The molecule has 2 fully saturated rings. The number of methoxy groups -OCH3 is 1. The fraction of sp³-hybridized carbons (Fsp3) is 0.556. The number of piperazine rings is 1. The molecular formula is C18H24ClN3O3. The van der Waals surface area contributed by atoms with Crippen LogP contribution in [0.1, 0.15) is 23.2 Å². The van der Waals surface area contributed by atoms with Crippen molar-refractivity contribution in [3.05, 3.63) is 34.9 Å². The number of carbonyl (C=O) groups is 2. The number of carbonyl (C=O) groups excluding carboxylic acids is 2. The first kappa shape index (κ1) is 18.2. The third kappa shape index (κ3) is 3.81. The van der Waals surface area contributed by atoms with Crippen molar-refractivity contribution in [2.45, 2.75) is 18.4 Å². The number of hydrogen-bond donors (Lipinski definition) is 1. The Morgan fingerprint density at radius 2 is 1.60 bits per heavy atom. The van der Waals surface area contributed by atoms with E-state index in [9.17, 15) is 9.59 Å². The number of ether oxygens (including phenoxy) is 1. The molecular weight excluding hydrogens is 342 g/mol. The van der Waals surface area contributed by atoms with Gasteiger partial charge in [-0.05, 0) is 50.2 Å². The molecule has 3 rings (SSSR count). The van der Waals surface area contributed by atoms with Crippen LogP contribution < -0.4 is 5.32 Å². The Labute approximate surface area is 153 Å². The van der Waals surface area contributed by atoms with Gasteiger partial charge in [0.25, 0.3) is 11.8 Å². The Morgan fingerprint density at radius 3 is 2.16 bits per heavy atom. The first-order valence-electron chi connectivity index (χ1n) is 8.66. The minimum atomic E-state index is -0.715. The minimum absolute atomic E-state index is 0.0212. The fourth-order valence-corrected chi connectivity index (χ4v) is 3.64. The molecule has 2 aliphatic rings. The number of benzene rings is 1. The molecule has 2 saturated heterocycles. The van der Waals surface area contributed by atoms with E-state index in [1.807, 2.05) is 4.90 Å². The summed E-state index contributed by atoms with van der Waals surface area (Å²) >= 11 is 5.87. The second-order valence-electron chi connectivity index (χ2n) is 6.54. The smallest absolute Gasteiger partial charge is 0.255 e. The predicted octanol–water partition coefficient (Wildman–Crippen LogP) is 1.39. The second kappa shape index (κ2) is 7.72. The number of rotatable bonds is 3. The van der Waals surface area contributed by atoms with Gasteiger partial charge in [0.1, 0.15) is 5.60 Å². The van der Waals surface area contributed by atoms with Gasteiger partial charge in [0, 0.05) is 43.9 Å². The number of piperidine rings is 1. The lowest BCUT2D eigenvalue weighted by molar-refractivity contribution is -0.159. The number of halogens is 1. The summed E-state index contributed by atoms with van der Waals surface area (Å²) in [6, 6.07) is 6.90. The Kier molecular flexibility index (Phi) is 5.61. The number of nitrogens with zero attached hydrogens (tertiary/aromatic N) is 2. The summed E-state index contributed by atoms with van der Waals surface area (Å²) in [5.74, 6) is 0.0298. The minimum Gasteiger partial charge on any atom is -0.368 e. The van der Waals surface area contributed by atoms with Crippen molar-refractivity contribution in [3.63, 3.8) is 0 Å².